The van der Waals surface area contributed by atoms with Gasteiger partial charge < -0.3 is 19.9 Å². The molecule has 8 heteroatoms. The molecular weight excluding hydrogens is 241 g/mol. The fraction of sp³-hybridized carbons (Fsp3) is 0.444. The van der Waals surface area contributed by atoms with Crippen molar-refractivity contribution in [2.45, 2.75) is 12.9 Å². The minimum Gasteiger partial charge on any atom is -0.489 e. The van der Waals surface area contributed by atoms with E-state index >= 15 is 0 Å². The van der Waals surface area contributed by atoms with Crippen molar-refractivity contribution in [3.05, 3.63) is 11.8 Å². The fourth-order valence-electron chi connectivity index (χ4n) is 1.17. The summed E-state index contributed by atoms with van der Waals surface area (Å²) in [5, 5.41) is 0. The lowest BCUT2D eigenvalue weighted by atomic mass is 10.3. The Morgan fingerprint density at radius 1 is 1.29 bits per heavy atom. The van der Waals surface area contributed by atoms with E-state index < -0.39 is 12.1 Å². The Labute approximate surface area is 95.3 Å². The summed E-state index contributed by atoms with van der Waals surface area (Å²) in [6.45, 7) is -0.0471. The number of methoxy groups -OCH3 is 2. The van der Waals surface area contributed by atoms with Crippen molar-refractivity contribution in [3.8, 4) is 17.4 Å². The van der Waals surface area contributed by atoms with E-state index in [0.717, 1.165) is 6.07 Å². The Balaban J connectivity index is 3.24. The molecule has 0 aliphatic carbocycles. The van der Waals surface area contributed by atoms with E-state index in [-0.39, 0.29) is 23.9 Å². The molecule has 0 amide bonds. The smallest absolute Gasteiger partial charge is 0.489 e. The van der Waals surface area contributed by atoms with Gasteiger partial charge >= 0.3 is 6.36 Å². The first-order valence-electron chi connectivity index (χ1n) is 4.49. The molecule has 1 heterocycles. The fourth-order valence-corrected chi connectivity index (χ4v) is 1.17. The lowest BCUT2D eigenvalue weighted by Crippen LogP contribution is -2.18. The highest BCUT2D eigenvalue weighted by molar-refractivity contribution is 5.48. The summed E-state index contributed by atoms with van der Waals surface area (Å²) in [5.74, 6) is -0.885. The number of nitrogens with two attached hydrogens (primary N) is 1. The molecule has 0 aliphatic heterocycles. The molecule has 0 aliphatic rings. The molecule has 1 aromatic rings. The maximum Gasteiger partial charge on any atom is 0.573 e. The number of pyridine rings is 1. The van der Waals surface area contributed by atoms with E-state index in [2.05, 4.69) is 9.72 Å². The lowest BCUT2D eigenvalue weighted by Gasteiger charge is -2.15. The minimum absolute atomic E-state index is 0.0471. The minimum atomic E-state index is -4.83. The first kappa shape index (κ1) is 13.4. The van der Waals surface area contributed by atoms with Crippen LogP contribution < -0.4 is 19.9 Å². The number of hydrogen-bond donors (Lipinski definition) is 1. The summed E-state index contributed by atoms with van der Waals surface area (Å²) in [4.78, 5) is 3.85. The molecule has 0 saturated heterocycles. The van der Waals surface area contributed by atoms with E-state index in [1.54, 1.807) is 0 Å². The monoisotopic (exact) mass is 252 g/mol. The number of halogens is 3. The summed E-state index contributed by atoms with van der Waals surface area (Å²) in [5.41, 5.74) is 5.50. The molecule has 0 unspecified atom stereocenters. The van der Waals surface area contributed by atoms with Crippen molar-refractivity contribution in [1.82, 2.24) is 4.98 Å². The van der Waals surface area contributed by atoms with Crippen LogP contribution in [0.2, 0.25) is 0 Å². The molecular formula is C9H11F3N2O3. The Morgan fingerprint density at radius 3 is 2.35 bits per heavy atom. The molecule has 0 aromatic carbocycles. The van der Waals surface area contributed by atoms with Gasteiger partial charge in [-0.05, 0) is 0 Å². The maximum atomic E-state index is 12.2. The summed E-state index contributed by atoms with van der Waals surface area (Å²) in [7, 11) is 2.44. The summed E-state index contributed by atoms with van der Waals surface area (Å²) in [6, 6.07) is 1.05. The molecule has 0 radical (unpaired) electrons. The van der Waals surface area contributed by atoms with Crippen LogP contribution in [0.15, 0.2) is 6.07 Å². The van der Waals surface area contributed by atoms with Crippen molar-refractivity contribution in [2.75, 3.05) is 14.2 Å². The number of aromatic nitrogens is 1. The first-order chi connectivity index (χ1) is 7.91. The SMILES string of the molecule is COc1nc(CN)cc(OC(F)(F)F)c1OC. The van der Waals surface area contributed by atoms with Gasteiger partial charge in [0.25, 0.3) is 5.88 Å². The van der Waals surface area contributed by atoms with Gasteiger partial charge in [0.1, 0.15) is 0 Å². The third-order valence-electron chi connectivity index (χ3n) is 1.79. The first-order valence-corrected chi connectivity index (χ1v) is 4.49. The van der Waals surface area contributed by atoms with Crippen molar-refractivity contribution in [2.24, 2.45) is 5.73 Å². The molecule has 0 bridgehead atoms. The van der Waals surface area contributed by atoms with Crippen molar-refractivity contribution >= 4 is 0 Å². The van der Waals surface area contributed by atoms with Crippen LogP contribution in [0.1, 0.15) is 5.69 Å². The predicted octanol–water partition coefficient (Wildman–Crippen LogP) is 1.46. The van der Waals surface area contributed by atoms with Crippen molar-refractivity contribution in [3.63, 3.8) is 0 Å². The van der Waals surface area contributed by atoms with Crippen LogP contribution in [-0.2, 0) is 6.54 Å². The standard InChI is InChI=1S/C9H11F3N2O3/c1-15-7-6(17-9(10,11)12)3-5(4-13)14-8(7)16-2/h3H,4,13H2,1-2H3. The quantitative estimate of drug-likeness (QED) is 0.878. The van der Waals surface area contributed by atoms with E-state index in [1.807, 2.05) is 0 Å². The zero-order valence-electron chi connectivity index (χ0n) is 9.17. The topological polar surface area (TPSA) is 66.6 Å². The Morgan fingerprint density at radius 2 is 1.94 bits per heavy atom. The van der Waals surface area contributed by atoms with Gasteiger partial charge in [-0.25, -0.2) is 4.98 Å². The molecule has 0 spiro atoms. The van der Waals surface area contributed by atoms with E-state index in [1.165, 1.54) is 14.2 Å². The van der Waals surface area contributed by atoms with E-state index in [0.29, 0.717) is 0 Å². The average Bonchev–Trinajstić information content (AvgIpc) is 2.25. The van der Waals surface area contributed by atoms with Gasteiger partial charge in [0.05, 0.1) is 19.9 Å². The molecule has 0 fully saturated rings. The summed E-state index contributed by atoms with van der Waals surface area (Å²) >= 11 is 0. The van der Waals surface area contributed by atoms with Gasteiger partial charge in [-0.15, -0.1) is 13.2 Å². The maximum absolute atomic E-state index is 12.2. The highest BCUT2D eigenvalue weighted by Crippen LogP contribution is 2.38. The van der Waals surface area contributed by atoms with Crippen LogP contribution in [0.3, 0.4) is 0 Å². The number of ether oxygens (including phenoxy) is 3. The van der Waals surface area contributed by atoms with Gasteiger partial charge in [0.2, 0.25) is 5.75 Å². The normalized spacial score (nSPS) is 11.2. The largest absolute Gasteiger partial charge is 0.573 e. The molecule has 0 saturated carbocycles. The van der Waals surface area contributed by atoms with Crippen LogP contribution in [0, 0.1) is 0 Å². The van der Waals surface area contributed by atoms with Crippen LogP contribution in [0.25, 0.3) is 0 Å². The third kappa shape index (κ3) is 3.38. The van der Waals surface area contributed by atoms with Gasteiger partial charge in [-0.1, -0.05) is 0 Å². The molecule has 96 valence electrons. The van der Waals surface area contributed by atoms with Gasteiger partial charge in [-0.3, -0.25) is 0 Å². The molecule has 17 heavy (non-hydrogen) atoms. The predicted molar refractivity (Wildman–Crippen MR) is 51.9 cm³/mol. The zero-order valence-corrected chi connectivity index (χ0v) is 9.17. The van der Waals surface area contributed by atoms with Crippen LogP contribution in [0.4, 0.5) is 13.2 Å². The van der Waals surface area contributed by atoms with Crippen molar-refractivity contribution in [1.29, 1.82) is 0 Å². The number of nitrogens with zero attached hydrogens (tertiary/aromatic N) is 1. The third-order valence-corrected chi connectivity index (χ3v) is 1.79. The highest BCUT2D eigenvalue weighted by Gasteiger charge is 2.33. The Hall–Kier alpha value is -1.70. The van der Waals surface area contributed by atoms with Gasteiger partial charge in [0, 0.05) is 12.6 Å². The molecule has 2 N–H and O–H groups in total. The second-order valence-electron chi connectivity index (χ2n) is 2.91. The zero-order chi connectivity index (χ0) is 13.1. The molecule has 0 atom stereocenters. The van der Waals surface area contributed by atoms with E-state index in [4.69, 9.17) is 15.2 Å². The lowest BCUT2D eigenvalue weighted by molar-refractivity contribution is -0.275. The number of alkyl halides is 3. The summed E-state index contributed by atoms with van der Waals surface area (Å²) < 4.78 is 49.8. The highest BCUT2D eigenvalue weighted by atomic mass is 19.4. The van der Waals surface area contributed by atoms with Crippen LogP contribution >= 0.6 is 0 Å². The Kier molecular flexibility index (Phi) is 4.00. The molecule has 1 rings (SSSR count). The average molecular weight is 252 g/mol. The molecule has 5 nitrogen and oxygen atoms in total. The second-order valence-corrected chi connectivity index (χ2v) is 2.91. The van der Waals surface area contributed by atoms with Gasteiger partial charge in [-0.2, -0.15) is 0 Å². The van der Waals surface area contributed by atoms with Crippen molar-refractivity contribution < 1.29 is 27.4 Å². The van der Waals surface area contributed by atoms with E-state index in [9.17, 15) is 13.2 Å². The van der Waals surface area contributed by atoms with Crippen LogP contribution in [0.5, 0.6) is 17.4 Å². The van der Waals surface area contributed by atoms with Crippen LogP contribution in [-0.4, -0.2) is 25.6 Å². The molecule has 1 aromatic heterocycles. The van der Waals surface area contributed by atoms with Gasteiger partial charge in [0.15, 0.2) is 5.75 Å². The Bertz CT molecular complexity index is 396. The number of hydrogen-bond acceptors (Lipinski definition) is 5. The number of rotatable bonds is 4. The second kappa shape index (κ2) is 5.09. The summed E-state index contributed by atoms with van der Waals surface area (Å²) in [6.07, 6.45) is -4.83.